The van der Waals surface area contributed by atoms with E-state index >= 15 is 0 Å². The number of nitrogens with zero attached hydrogens (tertiary/aromatic N) is 1. The standard InChI is InChI=1S/C8H7NO3/c10-8(11)7-3-1-2-6(4-7)5-9-12/h1-5,12H,(H,10,11)/b9-5+. The molecule has 0 fully saturated rings. The molecule has 62 valence electrons. The van der Waals surface area contributed by atoms with Crippen molar-refractivity contribution in [1.29, 1.82) is 0 Å². The number of carboxylic acid groups (broad SMARTS) is 1. The van der Waals surface area contributed by atoms with Gasteiger partial charge in [0.2, 0.25) is 0 Å². The lowest BCUT2D eigenvalue weighted by molar-refractivity contribution is 0.0697. The normalized spacial score (nSPS) is 10.3. The summed E-state index contributed by atoms with van der Waals surface area (Å²) >= 11 is 0. The third kappa shape index (κ3) is 1.82. The third-order valence-electron chi connectivity index (χ3n) is 1.34. The fourth-order valence-electron chi connectivity index (χ4n) is 0.819. The van der Waals surface area contributed by atoms with Gasteiger partial charge in [-0.3, -0.25) is 0 Å². The number of carbonyl (C=O) groups is 1. The SMILES string of the molecule is O=C(O)c1cccc(/C=N/O)c1. The molecule has 0 aromatic heterocycles. The largest absolute Gasteiger partial charge is 0.478 e. The number of hydrogen-bond acceptors (Lipinski definition) is 3. The van der Waals surface area contributed by atoms with E-state index in [1.54, 1.807) is 12.1 Å². The van der Waals surface area contributed by atoms with Crippen LogP contribution in [0, 0.1) is 0 Å². The van der Waals surface area contributed by atoms with Crippen LogP contribution < -0.4 is 0 Å². The molecule has 0 bridgehead atoms. The fraction of sp³-hybridized carbons (Fsp3) is 0. The highest BCUT2D eigenvalue weighted by Gasteiger charge is 2.00. The second-order valence-electron chi connectivity index (χ2n) is 2.18. The van der Waals surface area contributed by atoms with Crippen molar-refractivity contribution in [3.8, 4) is 0 Å². The Labute approximate surface area is 68.8 Å². The minimum atomic E-state index is -0.997. The van der Waals surface area contributed by atoms with Crippen LogP contribution in [0.2, 0.25) is 0 Å². The van der Waals surface area contributed by atoms with Gasteiger partial charge in [-0.05, 0) is 17.7 Å². The maximum Gasteiger partial charge on any atom is 0.335 e. The zero-order valence-electron chi connectivity index (χ0n) is 6.14. The van der Waals surface area contributed by atoms with Crippen molar-refractivity contribution in [2.75, 3.05) is 0 Å². The van der Waals surface area contributed by atoms with Crippen molar-refractivity contribution < 1.29 is 15.1 Å². The molecular formula is C8H7NO3. The van der Waals surface area contributed by atoms with Crippen molar-refractivity contribution in [2.45, 2.75) is 0 Å². The second-order valence-corrected chi connectivity index (χ2v) is 2.18. The van der Waals surface area contributed by atoms with Gasteiger partial charge in [0, 0.05) is 0 Å². The van der Waals surface area contributed by atoms with E-state index in [1.807, 2.05) is 0 Å². The predicted octanol–water partition coefficient (Wildman–Crippen LogP) is 1.19. The summed E-state index contributed by atoms with van der Waals surface area (Å²) in [6.45, 7) is 0. The molecule has 4 nitrogen and oxygen atoms in total. The lowest BCUT2D eigenvalue weighted by Crippen LogP contribution is -1.96. The molecule has 0 saturated carbocycles. The van der Waals surface area contributed by atoms with Gasteiger partial charge in [-0.25, -0.2) is 4.79 Å². The van der Waals surface area contributed by atoms with Gasteiger partial charge in [0.05, 0.1) is 11.8 Å². The Bertz CT molecular complexity index is 320. The Morgan fingerprint density at radius 2 is 2.25 bits per heavy atom. The quantitative estimate of drug-likeness (QED) is 0.393. The Hall–Kier alpha value is -1.84. The van der Waals surface area contributed by atoms with Crippen LogP contribution in [0.1, 0.15) is 15.9 Å². The number of hydrogen-bond donors (Lipinski definition) is 2. The van der Waals surface area contributed by atoms with Crippen molar-refractivity contribution in [2.24, 2.45) is 5.16 Å². The Kier molecular flexibility index (Phi) is 2.42. The highest BCUT2D eigenvalue weighted by molar-refractivity contribution is 5.90. The lowest BCUT2D eigenvalue weighted by Gasteiger charge is -1.94. The van der Waals surface area contributed by atoms with E-state index < -0.39 is 5.97 Å². The molecular weight excluding hydrogens is 158 g/mol. The smallest absolute Gasteiger partial charge is 0.335 e. The van der Waals surface area contributed by atoms with E-state index in [1.165, 1.54) is 18.3 Å². The molecule has 1 rings (SSSR count). The summed E-state index contributed by atoms with van der Waals surface area (Å²) in [6, 6.07) is 6.12. The first-order valence-corrected chi connectivity index (χ1v) is 3.25. The van der Waals surface area contributed by atoms with Crippen LogP contribution in [0.15, 0.2) is 29.4 Å². The first-order valence-electron chi connectivity index (χ1n) is 3.25. The highest BCUT2D eigenvalue weighted by Crippen LogP contribution is 2.02. The minimum Gasteiger partial charge on any atom is -0.478 e. The number of rotatable bonds is 2. The molecule has 0 saturated heterocycles. The number of benzene rings is 1. The molecule has 12 heavy (non-hydrogen) atoms. The molecule has 0 aliphatic rings. The summed E-state index contributed by atoms with van der Waals surface area (Å²) in [5.74, 6) is -0.997. The van der Waals surface area contributed by atoms with Gasteiger partial charge in [0.25, 0.3) is 0 Å². The Balaban J connectivity index is 3.03. The Morgan fingerprint density at radius 1 is 1.50 bits per heavy atom. The van der Waals surface area contributed by atoms with Crippen molar-refractivity contribution in [3.05, 3.63) is 35.4 Å². The Morgan fingerprint density at radius 3 is 2.83 bits per heavy atom. The molecule has 0 spiro atoms. The van der Waals surface area contributed by atoms with Gasteiger partial charge in [-0.1, -0.05) is 17.3 Å². The van der Waals surface area contributed by atoms with Gasteiger partial charge in [0.1, 0.15) is 0 Å². The molecule has 0 unspecified atom stereocenters. The van der Waals surface area contributed by atoms with Crippen molar-refractivity contribution in [3.63, 3.8) is 0 Å². The predicted molar refractivity (Wildman–Crippen MR) is 42.8 cm³/mol. The highest BCUT2D eigenvalue weighted by atomic mass is 16.4. The van der Waals surface area contributed by atoms with Crippen LogP contribution in [-0.4, -0.2) is 22.5 Å². The summed E-state index contributed by atoms with van der Waals surface area (Å²) in [7, 11) is 0. The second kappa shape index (κ2) is 3.52. The number of carboxylic acids is 1. The van der Waals surface area contributed by atoms with E-state index in [9.17, 15) is 4.79 Å². The van der Waals surface area contributed by atoms with Gasteiger partial charge >= 0.3 is 5.97 Å². The molecule has 1 aromatic rings. The van der Waals surface area contributed by atoms with Crippen LogP contribution in [-0.2, 0) is 0 Å². The van der Waals surface area contributed by atoms with E-state index in [0.29, 0.717) is 5.56 Å². The molecule has 0 aliphatic heterocycles. The van der Waals surface area contributed by atoms with Gasteiger partial charge < -0.3 is 10.3 Å². The first-order chi connectivity index (χ1) is 5.74. The summed E-state index contributed by atoms with van der Waals surface area (Å²) in [4.78, 5) is 10.5. The van der Waals surface area contributed by atoms with E-state index in [-0.39, 0.29) is 5.56 Å². The lowest BCUT2D eigenvalue weighted by atomic mass is 10.1. The zero-order chi connectivity index (χ0) is 8.97. The summed E-state index contributed by atoms with van der Waals surface area (Å²) in [5, 5.41) is 19.5. The molecule has 0 radical (unpaired) electrons. The minimum absolute atomic E-state index is 0.174. The average molecular weight is 165 g/mol. The van der Waals surface area contributed by atoms with E-state index in [0.717, 1.165) is 0 Å². The van der Waals surface area contributed by atoms with Crippen LogP contribution in [0.5, 0.6) is 0 Å². The van der Waals surface area contributed by atoms with Crippen molar-refractivity contribution >= 4 is 12.2 Å². The molecule has 4 heteroatoms. The average Bonchev–Trinajstić information content (AvgIpc) is 2.05. The summed E-state index contributed by atoms with van der Waals surface area (Å²) in [5.41, 5.74) is 0.727. The van der Waals surface area contributed by atoms with Crippen molar-refractivity contribution in [1.82, 2.24) is 0 Å². The van der Waals surface area contributed by atoms with Crippen LogP contribution in [0.25, 0.3) is 0 Å². The van der Waals surface area contributed by atoms with Gasteiger partial charge in [-0.2, -0.15) is 0 Å². The van der Waals surface area contributed by atoms with E-state index in [4.69, 9.17) is 10.3 Å². The molecule has 0 aliphatic carbocycles. The number of oxime groups is 1. The summed E-state index contributed by atoms with van der Waals surface area (Å²) in [6.07, 6.45) is 1.17. The number of aromatic carboxylic acids is 1. The molecule has 2 N–H and O–H groups in total. The zero-order valence-corrected chi connectivity index (χ0v) is 6.14. The third-order valence-corrected chi connectivity index (χ3v) is 1.34. The fourth-order valence-corrected chi connectivity index (χ4v) is 0.819. The van der Waals surface area contributed by atoms with Crippen LogP contribution >= 0.6 is 0 Å². The van der Waals surface area contributed by atoms with Gasteiger partial charge in [0.15, 0.2) is 0 Å². The maximum absolute atomic E-state index is 10.5. The topological polar surface area (TPSA) is 69.9 Å². The molecule has 0 atom stereocenters. The first kappa shape index (κ1) is 8.26. The molecule has 1 aromatic carbocycles. The molecule has 0 amide bonds. The monoisotopic (exact) mass is 165 g/mol. The summed E-state index contributed by atoms with van der Waals surface area (Å²) < 4.78 is 0. The maximum atomic E-state index is 10.5. The van der Waals surface area contributed by atoms with E-state index in [2.05, 4.69) is 5.16 Å². The van der Waals surface area contributed by atoms with Gasteiger partial charge in [-0.15, -0.1) is 0 Å². The van der Waals surface area contributed by atoms with Crippen LogP contribution in [0.4, 0.5) is 0 Å². The molecule has 0 heterocycles. The van der Waals surface area contributed by atoms with Crippen LogP contribution in [0.3, 0.4) is 0 Å².